The van der Waals surface area contributed by atoms with Crippen molar-refractivity contribution in [2.24, 2.45) is 11.3 Å². The van der Waals surface area contributed by atoms with Crippen LogP contribution in [0.1, 0.15) is 61.3 Å². The summed E-state index contributed by atoms with van der Waals surface area (Å²) in [6, 6.07) is 0. The van der Waals surface area contributed by atoms with E-state index in [-0.39, 0.29) is 18.0 Å². The Bertz CT molecular complexity index is 492. The lowest BCUT2D eigenvalue weighted by Gasteiger charge is -2.41. The third-order valence-corrected chi connectivity index (χ3v) is 5.03. The minimum Gasteiger partial charge on any atom is -0.459 e. The lowest BCUT2D eigenvalue weighted by atomic mass is 9.79. The summed E-state index contributed by atoms with van der Waals surface area (Å²) in [6.45, 7) is 17.3. The molecular weight excluding hydrogens is 308 g/mol. The number of carbonyl (C=O) groups excluding carboxylic acids is 1. The molecule has 0 saturated carbocycles. The van der Waals surface area contributed by atoms with Gasteiger partial charge in [0.2, 0.25) is 0 Å². The van der Waals surface area contributed by atoms with Gasteiger partial charge in [-0.3, -0.25) is 4.79 Å². The van der Waals surface area contributed by atoms with Crippen molar-refractivity contribution >= 4 is 5.97 Å². The minimum absolute atomic E-state index is 0.0343. The Balaban J connectivity index is 2.27. The number of fused-ring (bicyclic) bond motifs is 1. The maximum atomic E-state index is 12.4. The molecule has 2 heterocycles. The van der Waals surface area contributed by atoms with Gasteiger partial charge in [0.1, 0.15) is 17.8 Å². The summed E-state index contributed by atoms with van der Waals surface area (Å²) in [7, 11) is 0. The fourth-order valence-corrected chi connectivity index (χ4v) is 3.60. The first-order valence-corrected chi connectivity index (χ1v) is 8.82. The second kappa shape index (κ2) is 6.43. The summed E-state index contributed by atoms with van der Waals surface area (Å²) < 4.78 is 24.1. The highest BCUT2D eigenvalue weighted by molar-refractivity contribution is 5.75. The molecule has 0 amide bonds. The highest BCUT2D eigenvalue weighted by Gasteiger charge is 2.62. The van der Waals surface area contributed by atoms with Gasteiger partial charge >= 0.3 is 5.97 Å². The first-order chi connectivity index (χ1) is 11.0. The molecule has 2 rings (SSSR count). The molecule has 2 aliphatic rings. The molecule has 2 fully saturated rings. The SMILES string of the molecule is C=CC[C@H](OC(=O)C(C)(C)C)C1(CC)O[C@@H]2OC(C)(C)O[C@@H]2[C@H]1C. The van der Waals surface area contributed by atoms with Crippen LogP contribution in [0, 0.1) is 11.3 Å². The quantitative estimate of drug-likeness (QED) is 0.562. The summed E-state index contributed by atoms with van der Waals surface area (Å²) in [5.41, 5.74) is -1.21. The summed E-state index contributed by atoms with van der Waals surface area (Å²) in [5, 5.41) is 0. The van der Waals surface area contributed by atoms with E-state index in [9.17, 15) is 4.79 Å². The average Bonchev–Trinajstić information content (AvgIpc) is 2.89. The molecule has 0 aliphatic carbocycles. The summed E-state index contributed by atoms with van der Waals surface area (Å²) in [6.07, 6.45) is 1.99. The van der Waals surface area contributed by atoms with Crippen LogP contribution in [-0.2, 0) is 23.7 Å². The van der Waals surface area contributed by atoms with Gasteiger partial charge in [-0.2, -0.15) is 0 Å². The molecule has 0 aromatic carbocycles. The van der Waals surface area contributed by atoms with Crippen molar-refractivity contribution in [1.82, 2.24) is 0 Å². The standard InChI is InChI=1S/C19H32O5/c1-9-11-13(21-16(20)17(4,5)6)19(10-2)12(3)14-15(24-19)23-18(7,8)22-14/h9,12-15H,1,10-11H2,2-8H3/t12-,13+,14-,15+,19?/m1/s1. The number of carbonyl (C=O) groups is 1. The summed E-state index contributed by atoms with van der Waals surface area (Å²) in [4.78, 5) is 12.4. The molecule has 5 atom stereocenters. The van der Waals surface area contributed by atoms with Crippen LogP contribution in [0.15, 0.2) is 12.7 Å². The monoisotopic (exact) mass is 340 g/mol. The molecule has 2 aliphatic heterocycles. The highest BCUT2D eigenvalue weighted by Crippen LogP contribution is 2.50. The van der Waals surface area contributed by atoms with E-state index >= 15 is 0 Å². The van der Waals surface area contributed by atoms with E-state index in [0.29, 0.717) is 12.8 Å². The fourth-order valence-electron chi connectivity index (χ4n) is 3.60. The molecule has 0 radical (unpaired) electrons. The van der Waals surface area contributed by atoms with Crippen LogP contribution >= 0.6 is 0 Å². The molecule has 0 spiro atoms. The number of ether oxygens (including phenoxy) is 4. The van der Waals surface area contributed by atoms with Gasteiger partial charge in [0.15, 0.2) is 12.1 Å². The first kappa shape index (κ1) is 19.4. The highest BCUT2D eigenvalue weighted by atomic mass is 16.8. The lowest BCUT2D eigenvalue weighted by molar-refractivity contribution is -0.254. The Morgan fingerprint density at radius 3 is 2.38 bits per heavy atom. The van der Waals surface area contributed by atoms with Crippen LogP contribution in [0.2, 0.25) is 0 Å². The second-order valence-corrected chi connectivity index (χ2v) is 8.35. The summed E-state index contributed by atoms with van der Waals surface area (Å²) in [5.74, 6) is -0.858. The first-order valence-electron chi connectivity index (χ1n) is 8.82. The Labute approximate surface area is 145 Å². The predicted octanol–water partition coefficient (Wildman–Crippen LogP) is 3.81. The van der Waals surface area contributed by atoms with Crippen LogP contribution < -0.4 is 0 Å². The maximum Gasteiger partial charge on any atom is 0.311 e. The smallest absolute Gasteiger partial charge is 0.311 e. The van der Waals surface area contributed by atoms with E-state index in [2.05, 4.69) is 13.5 Å². The van der Waals surface area contributed by atoms with Gasteiger partial charge in [-0.05, 0) is 41.0 Å². The molecule has 0 N–H and O–H groups in total. The van der Waals surface area contributed by atoms with E-state index in [1.165, 1.54) is 0 Å². The molecule has 1 unspecified atom stereocenters. The zero-order valence-corrected chi connectivity index (χ0v) is 16.0. The number of esters is 1. The van der Waals surface area contributed by atoms with E-state index in [1.807, 2.05) is 41.5 Å². The van der Waals surface area contributed by atoms with Gasteiger partial charge in [0.05, 0.1) is 5.41 Å². The topological polar surface area (TPSA) is 54.0 Å². The normalized spacial score (nSPS) is 36.2. The van der Waals surface area contributed by atoms with Crippen molar-refractivity contribution in [1.29, 1.82) is 0 Å². The fraction of sp³-hybridized carbons (Fsp3) is 0.842. The lowest BCUT2D eigenvalue weighted by Crippen LogP contribution is -2.51. The molecule has 0 bridgehead atoms. The van der Waals surface area contributed by atoms with Crippen molar-refractivity contribution in [2.75, 3.05) is 0 Å². The molecular formula is C19H32O5. The van der Waals surface area contributed by atoms with Crippen molar-refractivity contribution in [3.63, 3.8) is 0 Å². The number of hydrogen-bond acceptors (Lipinski definition) is 5. The second-order valence-electron chi connectivity index (χ2n) is 8.35. The third-order valence-electron chi connectivity index (χ3n) is 5.03. The van der Waals surface area contributed by atoms with Gasteiger partial charge in [-0.15, -0.1) is 6.58 Å². The number of hydrogen-bond donors (Lipinski definition) is 0. The van der Waals surface area contributed by atoms with Crippen molar-refractivity contribution < 1.29 is 23.7 Å². The largest absolute Gasteiger partial charge is 0.459 e. The van der Waals surface area contributed by atoms with E-state index in [4.69, 9.17) is 18.9 Å². The molecule has 5 heteroatoms. The van der Waals surface area contributed by atoms with Gasteiger partial charge in [0.25, 0.3) is 0 Å². The zero-order chi connectivity index (χ0) is 18.3. The van der Waals surface area contributed by atoms with Crippen LogP contribution in [0.3, 0.4) is 0 Å². The Kier molecular flexibility index (Phi) is 5.20. The van der Waals surface area contributed by atoms with Gasteiger partial charge in [0, 0.05) is 12.3 Å². The molecule has 24 heavy (non-hydrogen) atoms. The molecule has 0 aromatic rings. The summed E-state index contributed by atoms with van der Waals surface area (Å²) >= 11 is 0. The Morgan fingerprint density at radius 1 is 1.29 bits per heavy atom. The van der Waals surface area contributed by atoms with E-state index < -0.39 is 29.2 Å². The molecule has 2 saturated heterocycles. The van der Waals surface area contributed by atoms with Crippen molar-refractivity contribution in [3.8, 4) is 0 Å². The molecule has 5 nitrogen and oxygen atoms in total. The van der Waals surface area contributed by atoms with Crippen LogP contribution in [0.4, 0.5) is 0 Å². The molecule has 0 aromatic heterocycles. The predicted molar refractivity (Wildman–Crippen MR) is 91.2 cm³/mol. The van der Waals surface area contributed by atoms with Gasteiger partial charge < -0.3 is 18.9 Å². The van der Waals surface area contributed by atoms with E-state index in [0.717, 1.165) is 0 Å². The van der Waals surface area contributed by atoms with Crippen LogP contribution in [0.25, 0.3) is 0 Å². The average molecular weight is 340 g/mol. The van der Waals surface area contributed by atoms with Crippen LogP contribution in [-0.4, -0.2) is 35.9 Å². The van der Waals surface area contributed by atoms with Gasteiger partial charge in [-0.25, -0.2) is 0 Å². The minimum atomic E-state index is -0.653. The van der Waals surface area contributed by atoms with Crippen molar-refractivity contribution in [2.45, 2.75) is 91.2 Å². The van der Waals surface area contributed by atoms with Crippen LogP contribution in [0.5, 0.6) is 0 Å². The Hall–Kier alpha value is -0.910. The van der Waals surface area contributed by atoms with E-state index in [1.54, 1.807) is 6.08 Å². The van der Waals surface area contributed by atoms with Gasteiger partial charge in [-0.1, -0.05) is 19.9 Å². The molecule has 138 valence electrons. The van der Waals surface area contributed by atoms with Crippen molar-refractivity contribution in [3.05, 3.63) is 12.7 Å². The Morgan fingerprint density at radius 2 is 1.92 bits per heavy atom. The number of rotatable bonds is 5. The zero-order valence-electron chi connectivity index (χ0n) is 16.0. The third kappa shape index (κ3) is 3.39. The maximum absolute atomic E-state index is 12.4.